The Morgan fingerprint density at radius 2 is 2.44 bits per heavy atom. The van der Waals surface area contributed by atoms with E-state index in [1.165, 1.54) is 0 Å². The van der Waals surface area contributed by atoms with Gasteiger partial charge in [0.15, 0.2) is 0 Å². The highest BCUT2D eigenvalue weighted by Gasteiger charge is 2.22. The molecule has 0 bridgehead atoms. The van der Waals surface area contributed by atoms with Gasteiger partial charge in [-0.15, -0.1) is 0 Å². The summed E-state index contributed by atoms with van der Waals surface area (Å²) in [6.45, 7) is 0.934. The molecule has 0 radical (unpaired) electrons. The zero-order valence-electron chi connectivity index (χ0n) is 9.32. The van der Waals surface area contributed by atoms with Crippen molar-refractivity contribution in [2.45, 2.75) is 37.9 Å². The maximum atomic E-state index is 14.0. The lowest BCUT2D eigenvalue weighted by molar-refractivity contribution is 0.217. The fourth-order valence-corrected chi connectivity index (χ4v) is 2.18. The topological polar surface area (TPSA) is 50.9 Å². The minimum atomic E-state index is -0.831. The lowest BCUT2D eigenvalue weighted by Gasteiger charge is -2.26. The number of aromatic nitrogens is 1. The van der Waals surface area contributed by atoms with Crippen LogP contribution < -0.4 is 11.1 Å². The van der Waals surface area contributed by atoms with Crippen LogP contribution in [0.15, 0.2) is 18.3 Å². The predicted octanol–water partition coefficient (Wildman–Crippen LogP) is 1.69. The highest BCUT2D eigenvalue weighted by Crippen LogP contribution is 2.17. The second kappa shape index (κ2) is 5.25. The first kappa shape index (κ1) is 11.3. The second-order valence-corrected chi connectivity index (χ2v) is 4.37. The molecule has 1 aromatic heterocycles. The van der Waals surface area contributed by atoms with Gasteiger partial charge in [-0.25, -0.2) is 9.37 Å². The van der Waals surface area contributed by atoms with Gasteiger partial charge in [-0.1, -0.05) is 6.42 Å². The van der Waals surface area contributed by atoms with E-state index in [2.05, 4.69) is 10.3 Å². The van der Waals surface area contributed by atoms with Gasteiger partial charge < -0.3 is 11.1 Å². The molecule has 0 amide bonds. The highest BCUT2D eigenvalue weighted by molar-refractivity contribution is 5.32. The van der Waals surface area contributed by atoms with Crippen LogP contribution in [0.4, 0.5) is 10.2 Å². The van der Waals surface area contributed by atoms with E-state index in [1.807, 2.05) is 6.07 Å². The molecule has 0 aliphatic carbocycles. The molecule has 2 atom stereocenters. The predicted molar refractivity (Wildman–Crippen MR) is 62.9 cm³/mol. The summed E-state index contributed by atoms with van der Waals surface area (Å²) >= 11 is 0. The third-order valence-electron chi connectivity index (χ3n) is 3.06. The molecular weight excluding hydrogens is 205 g/mol. The number of hydrogen-bond donors (Lipinski definition) is 2. The number of nitrogens with one attached hydrogen (secondary N) is 1. The number of nitrogens with zero attached hydrogens (tertiary/aromatic N) is 1. The smallest absolute Gasteiger partial charge is 0.123 e. The van der Waals surface area contributed by atoms with Crippen LogP contribution in [0.1, 0.15) is 24.8 Å². The Labute approximate surface area is 95.3 Å². The van der Waals surface area contributed by atoms with E-state index in [0.29, 0.717) is 12.2 Å². The lowest BCUT2D eigenvalue weighted by Crippen LogP contribution is -2.42. The summed E-state index contributed by atoms with van der Waals surface area (Å²) in [5.74, 6) is 0.460. The first-order valence-electron chi connectivity index (χ1n) is 5.83. The van der Waals surface area contributed by atoms with Crippen LogP contribution in [0.3, 0.4) is 0 Å². The molecule has 1 aromatic rings. The maximum absolute atomic E-state index is 14.0. The van der Waals surface area contributed by atoms with Gasteiger partial charge in [0, 0.05) is 18.7 Å². The molecule has 3 N–H and O–H groups in total. The first-order chi connectivity index (χ1) is 7.75. The standard InChI is InChI=1S/C12H18FN3/c13-10(11-3-1-2-5-15-11)7-9-4-6-16-12(14)8-9/h4,6,8,10-11,15H,1-3,5,7H2,(H2,14,16). The molecule has 4 heteroatoms. The van der Waals surface area contributed by atoms with Crippen LogP contribution in [0.2, 0.25) is 0 Å². The Morgan fingerprint density at radius 3 is 3.12 bits per heavy atom. The van der Waals surface area contributed by atoms with Gasteiger partial charge in [0.1, 0.15) is 12.0 Å². The zero-order chi connectivity index (χ0) is 11.4. The lowest BCUT2D eigenvalue weighted by atomic mass is 9.96. The molecule has 0 aromatic carbocycles. The van der Waals surface area contributed by atoms with Gasteiger partial charge in [0.2, 0.25) is 0 Å². The van der Waals surface area contributed by atoms with Crippen molar-refractivity contribution in [2.75, 3.05) is 12.3 Å². The number of nitrogens with two attached hydrogens (primary N) is 1. The molecule has 0 saturated carbocycles. The van der Waals surface area contributed by atoms with Crippen LogP contribution in [0.25, 0.3) is 0 Å². The highest BCUT2D eigenvalue weighted by atomic mass is 19.1. The Hall–Kier alpha value is -1.16. The van der Waals surface area contributed by atoms with E-state index in [4.69, 9.17) is 5.73 Å². The van der Waals surface area contributed by atoms with Crippen molar-refractivity contribution in [2.24, 2.45) is 0 Å². The van der Waals surface area contributed by atoms with Gasteiger partial charge >= 0.3 is 0 Å². The zero-order valence-corrected chi connectivity index (χ0v) is 9.32. The Bertz CT molecular complexity index is 337. The van der Waals surface area contributed by atoms with Gasteiger partial charge in [-0.05, 0) is 37.1 Å². The fraction of sp³-hybridized carbons (Fsp3) is 0.583. The van der Waals surface area contributed by atoms with Crippen molar-refractivity contribution in [3.63, 3.8) is 0 Å². The average molecular weight is 223 g/mol. The van der Waals surface area contributed by atoms with E-state index in [0.717, 1.165) is 31.4 Å². The molecule has 0 spiro atoms. The minimum absolute atomic E-state index is 0.00291. The molecule has 2 rings (SSSR count). The van der Waals surface area contributed by atoms with Gasteiger partial charge in [0.25, 0.3) is 0 Å². The van der Waals surface area contributed by atoms with Crippen molar-refractivity contribution in [1.82, 2.24) is 10.3 Å². The molecule has 1 saturated heterocycles. The summed E-state index contributed by atoms with van der Waals surface area (Å²) in [6, 6.07) is 3.57. The van der Waals surface area contributed by atoms with E-state index in [9.17, 15) is 4.39 Å². The molecule has 16 heavy (non-hydrogen) atoms. The third-order valence-corrected chi connectivity index (χ3v) is 3.06. The maximum Gasteiger partial charge on any atom is 0.123 e. The Balaban J connectivity index is 1.93. The summed E-state index contributed by atoms with van der Waals surface area (Å²) in [7, 11) is 0. The van der Waals surface area contributed by atoms with Crippen LogP contribution >= 0.6 is 0 Å². The van der Waals surface area contributed by atoms with Crippen LogP contribution in [-0.4, -0.2) is 23.7 Å². The van der Waals surface area contributed by atoms with Crippen molar-refractivity contribution in [1.29, 1.82) is 0 Å². The molecule has 1 aliphatic rings. The summed E-state index contributed by atoms with van der Waals surface area (Å²) in [6.07, 6.45) is 4.43. The second-order valence-electron chi connectivity index (χ2n) is 4.37. The van der Waals surface area contributed by atoms with Crippen LogP contribution in [0.5, 0.6) is 0 Å². The molecule has 88 valence electrons. The Morgan fingerprint density at radius 1 is 1.56 bits per heavy atom. The van der Waals surface area contributed by atoms with Crippen LogP contribution in [0, 0.1) is 0 Å². The molecule has 1 aliphatic heterocycles. The van der Waals surface area contributed by atoms with E-state index in [-0.39, 0.29) is 6.04 Å². The largest absolute Gasteiger partial charge is 0.384 e. The monoisotopic (exact) mass is 223 g/mol. The van der Waals surface area contributed by atoms with Crippen molar-refractivity contribution < 1.29 is 4.39 Å². The summed E-state index contributed by atoms with van der Waals surface area (Å²) in [5, 5.41) is 3.23. The number of pyridine rings is 1. The normalized spacial score (nSPS) is 22.9. The first-order valence-corrected chi connectivity index (χ1v) is 5.83. The Kier molecular flexibility index (Phi) is 3.72. The molecular formula is C12H18FN3. The van der Waals surface area contributed by atoms with Gasteiger partial charge in [-0.2, -0.15) is 0 Å². The number of halogens is 1. The van der Waals surface area contributed by atoms with E-state index >= 15 is 0 Å². The quantitative estimate of drug-likeness (QED) is 0.819. The summed E-state index contributed by atoms with van der Waals surface area (Å²) in [5.41, 5.74) is 6.49. The van der Waals surface area contributed by atoms with E-state index < -0.39 is 6.17 Å². The molecule has 1 fully saturated rings. The number of nitrogen functional groups attached to an aromatic ring is 1. The molecule has 2 heterocycles. The van der Waals surface area contributed by atoms with Crippen molar-refractivity contribution >= 4 is 5.82 Å². The summed E-state index contributed by atoms with van der Waals surface area (Å²) < 4.78 is 14.0. The number of rotatable bonds is 3. The van der Waals surface area contributed by atoms with Gasteiger partial charge in [0.05, 0.1) is 0 Å². The fourth-order valence-electron chi connectivity index (χ4n) is 2.18. The average Bonchev–Trinajstić information content (AvgIpc) is 2.30. The number of anilines is 1. The number of alkyl halides is 1. The molecule has 2 unspecified atom stereocenters. The SMILES string of the molecule is Nc1cc(CC(F)C2CCCCN2)ccn1. The van der Waals surface area contributed by atoms with Crippen molar-refractivity contribution in [3.05, 3.63) is 23.9 Å². The van der Waals surface area contributed by atoms with Crippen molar-refractivity contribution in [3.8, 4) is 0 Å². The van der Waals surface area contributed by atoms with Crippen LogP contribution in [-0.2, 0) is 6.42 Å². The van der Waals surface area contributed by atoms with E-state index in [1.54, 1.807) is 12.3 Å². The third kappa shape index (κ3) is 2.92. The molecule has 3 nitrogen and oxygen atoms in total. The minimum Gasteiger partial charge on any atom is -0.384 e. The van der Waals surface area contributed by atoms with Gasteiger partial charge in [-0.3, -0.25) is 0 Å². The number of hydrogen-bond acceptors (Lipinski definition) is 3. The number of piperidine rings is 1. The summed E-state index contributed by atoms with van der Waals surface area (Å²) in [4.78, 5) is 3.90.